The van der Waals surface area contributed by atoms with Gasteiger partial charge in [0.15, 0.2) is 0 Å². The van der Waals surface area contributed by atoms with E-state index in [1.54, 1.807) is 30.3 Å². The van der Waals surface area contributed by atoms with E-state index in [1.807, 2.05) is 19.1 Å². The molecule has 3 rings (SSSR count). The van der Waals surface area contributed by atoms with Crippen molar-refractivity contribution in [1.29, 1.82) is 0 Å². The van der Waals surface area contributed by atoms with Gasteiger partial charge in [-0.1, -0.05) is 41.4 Å². The summed E-state index contributed by atoms with van der Waals surface area (Å²) in [5.41, 5.74) is 0.971. The van der Waals surface area contributed by atoms with Gasteiger partial charge < -0.3 is 9.15 Å². The lowest BCUT2D eigenvalue weighted by atomic mass is 10.0. The number of rotatable bonds is 3. The van der Waals surface area contributed by atoms with Gasteiger partial charge in [0, 0.05) is 15.4 Å². The van der Waals surface area contributed by atoms with Crippen molar-refractivity contribution in [2.75, 3.05) is 6.61 Å². The number of halogens is 2. The molecule has 1 aromatic heterocycles. The SMILES string of the molecule is CCOc1oc(=O)c2ccccc2c1-c1cc(Cl)cc(Cl)c1. The molecule has 0 radical (unpaired) electrons. The van der Waals surface area contributed by atoms with Crippen LogP contribution in [0.1, 0.15) is 6.92 Å². The number of benzene rings is 2. The summed E-state index contributed by atoms with van der Waals surface area (Å²) in [5.74, 6) is 0.171. The van der Waals surface area contributed by atoms with E-state index in [4.69, 9.17) is 32.4 Å². The van der Waals surface area contributed by atoms with Crippen LogP contribution in [0, 0.1) is 0 Å². The Bertz CT molecular complexity index is 880. The van der Waals surface area contributed by atoms with Gasteiger partial charge in [-0.25, -0.2) is 4.79 Å². The lowest BCUT2D eigenvalue weighted by molar-refractivity contribution is 0.247. The molecule has 112 valence electrons. The Morgan fingerprint density at radius 2 is 1.68 bits per heavy atom. The first-order valence-corrected chi connectivity index (χ1v) is 7.51. The first-order chi connectivity index (χ1) is 10.6. The van der Waals surface area contributed by atoms with Crippen molar-refractivity contribution >= 4 is 34.0 Å². The van der Waals surface area contributed by atoms with Crippen LogP contribution in [0.4, 0.5) is 0 Å². The van der Waals surface area contributed by atoms with Crippen LogP contribution in [0.3, 0.4) is 0 Å². The predicted molar refractivity (Wildman–Crippen MR) is 89.1 cm³/mol. The van der Waals surface area contributed by atoms with Gasteiger partial charge in [0.05, 0.1) is 17.6 Å². The van der Waals surface area contributed by atoms with Crippen LogP contribution in [0.25, 0.3) is 21.9 Å². The fourth-order valence-electron chi connectivity index (χ4n) is 2.38. The minimum absolute atomic E-state index is 0.171. The molecule has 0 fully saturated rings. The summed E-state index contributed by atoms with van der Waals surface area (Å²) in [7, 11) is 0. The molecule has 0 N–H and O–H groups in total. The van der Waals surface area contributed by atoms with Gasteiger partial charge in [0.2, 0.25) is 0 Å². The Morgan fingerprint density at radius 3 is 2.32 bits per heavy atom. The second-order valence-corrected chi connectivity index (χ2v) is 5.56. The Hall–Kier alpha value is -1.97. The molecule has 0 amide bonds. The topological polar surface area (TPSA) is 39.4 Å². The van der Waals surface area contributed by atoms with E-state index in [9.17, 15) is 4.79 Å². The Labute approximate surface area is 137 Å². The van der Waals surface area contributed by atoms with E-state index >= 15 is 0 Å². The maximum Gasteiger partial charge on any atom is 0.346 e. The fourth-order valence-corrected chi connectivity index (χ4v) is 2.91. The summed E-state index contributed by atoms with van der Waals surface area (Å²) >= 11 is 12.2. The molecular formula is C17H12Cl2O3. The highest BCUT2D eigenvalue weighted by molar-refractivity contribution is 6.35. The molecule has 0 aliphatic heterocycles. The summed E-state index contributed by atoms with van der Waals surface area (Å²) in [6.07, 6.45) is 0. The minimum atomic E-state index is -0.434. The van der Waals surface area contributed by atoms with Gasteiger partial charge in [0.25, 0.3) is 5.95 Å². The molecule has 0 bridgehead atoms. The highest BCUT2D eigenvalue weighted by Gasteiger charge is 2.17. The van der Waals surface area contributed by atoms with E-state index in [1.165, 1.54) is 0 Å². The average molecular weight is 335 g/mol. The van der Waals surface area contributed by atoms with Crippen molar-refractivity contribution < 1.29 is 9.15 Å². The largest absolute Gasteiger partial charge is 0.465 e. The van der Waals surface area contributed by atoms with Crippen LogP contribution in [0.5, 0.6) is 5.95 Å². The zero-order valence-electron chi connectivity index (χ0n) is 11.7. The molecule has 0 aliphatic rings. The zero-order valence-corrected chi connectivity index (χ0v) is 13.2. The van der Waals surface area contributed by atoms with Gasteiger partial charge >= 0.3 is 5.63 Å². The van der Waals surface area contributed by atoms with E-state index in [0.717, 1.165) is 10.9 Å². The van der Waals surface area contributed by atoms with Crippen LogP contribution in [-0.2, 0) is 0 Å². The predicted octanol–water partition coefficient (Wildman–Crippen LogP) is 5.17. The highest BCUT2D eigenvalue weighted by atomic mass is 35.5. The standard InChI is InChI=1S/C17H12Cl2O3/c1-2-21-17-15(10-7-11(18)9-12(19)8-10)13-5-3-4-6-14(13)16(20)22-17/h3-9H,2H2,1H3. The third-order valence-corrected chi connectivity index (χ3v) is 3.67. The summed E-state index contributed by atoms with van der Waals surface area (Å²) in [4.78, 5) is 12.1. The molecular weight excluding hydrogens is 323 g/mol. The van der Waals surface area contributed by atoms with Crippen molar-refractivity contribution in [3.05, 3.63) is 62.9 Å². The molecule has 3 aromatic rings. The van der Waals surface area contributed by atoms with Crippen molar-refractivity contribution in [1.82, 2.24) is 0 Å². The maximum atomic E-state index is 12.1. The maximum absolute atomic E-state index is 12.1. The third kappa shape index (κ3) is 2.70. The normalized spacial score (nSPS) is 10.9. The third-order valence-electron chi connectivity index (χ3n) is 3.23. The molecule has 0 spiro atoms. The molecule has 0 saturated heterocycles. The van der Waals surface area contributed by atoms with Gasteiger partial charge in [-0.15, -0.1) is 0 Å². The molecule has 0 saturated carbocycles. The van der Waals surface area contributed by atoms with Crippen LogP contribution in [-0.4, -0.2) is 6.61 Å². The van der Waals surface area contributed by atoms with Crippen molar-refractivity contribution in [2.24, 2.45) is 0 Å². The lowest BCUT2D eigenvalue weighted by Crippen LogP contribution is -2.05. The van der Waals surface area contributed by atoms with Gasteiger partial charge in [0.1, 0.15) is 0 Å². The quantitative estimate of drug-likeness (QED) is 0.663. The van der Waals surface area contributed by atoms with Crippen LogP contribution >= 0.6 is 23.2 Å². The number of fused-ring (bicyclic) bond motifs is 1. The Balaban J connectivity index is 2.41. The molecule has 5 heteroatoms. The van der Waals surface area contributed by atoms with E-state index < -0.39 is 5.63 Å². The summed E-state index contributed by atoms with van der Waals surface area (Å²) in [6, 6.07) is 12.4. The number of ether oxygens (including phenoxy) is 1. The Morgan fingerprint density at radius 1 is 1.05 bits per heavy atom. The van der Waals surface area contributed by atoms with Crippen LogP contribution in [0.2, 0.25) is 10.0 Å². The fraction of sp³-hybridized carbons (Fsp3) is 0.118. The van der Waals surface area contributed by atoms with E-state index in [2.05, 4.69) is 0 Å². The van der Waals surface area contributed by atoms with Crippen molar-refractivity contribution in [3.8, 4) is 17.1 Å². The molecule has 0 atom stereocenters. The van der Waals surface area contributed by atoms with Gasteiger partial charge in [-0.2, -0.15) is 0 Å². The zero-order chi connectivity index (χ0) is 15.7. The van der Waals surface area contributed by atoms with Gasteiger partial charge in [-0.3, -0.25) is 0 Å². The average Bonchev–Trinajstić information content (AvgIpc) is 2.47. The van der Waals surface area contributed by atoms with E-state index in [-0.39, 0.29) is 5.95 Å². The lowest BCUT2D eigenvalue weighted by Gasteiger charge is -2.12. The number of hydrogen-bond acceptors (Lipinski definition) is 3. The van der Waals surface area contributed by atoms with Gasteiger partial charge in [-0.05, 0) is 36.8 Å². The summed E-state index contributed by atoms with van der Waals surface area (Å²) in [6.45, 7) is 2.20. The first-order valence-electron chi connectivity index (χ1n) is 6.75. The highest BCUT2D eigenvalue weighted by Crippen LogP contribution is 2.37. The smallest absolute Gasteiger partial charge is 0.346 e. The molecule has 22 heavy (non-hydrogen) atoms. The van der Waals surface area contributed by atoms with Crippen molar-refractivity contribution in [3.63, 3.8) is 0 Å². The molecule has 3 nitrogen and oxygen atoms in total. The number of hydrogen-bond donors (Lipinski definition) is 0. The molecule has 0 unspecified atom stereocenters. The second-order valence-electron chi connectivity index (χ2n) is 4.69. The van der Waals surface area contributed by atoms with Crippen LogP contribution < -0.4 is 10.4 Å². The Kier molecular flexibility index (Phi) is 4.10. The molecule has 1 heterocycles. The summed E-state index contributed by atoms with van der Waals surface area (Å²) < 4.78 is 10.8. The second kappa shape index (κ2) is 6.03. The monoisotopic (exact) mass is 334 g/mol. The molecule has 0 aliphatic carbocycles. The van der Waals surface area contributed by atoms with Crippen molar-refractivity contribution in [2.45, 2.75) is 6.92 Å². The first kappa shape index (κ1) is 14.9. The minimum Gasteiger partial charge on any atom is -0.465 e. The molecule has 2 aromatic carbocycles. The van der Waals surface area contributed by atoms with Crippen LogP contribution in [0.15, 0.2) is 51.7 Å². The summed E-state index contributed by atoms with van der Waals surface area (Å²) in [5, 5.41) is 2.22. The van der Waals surface area contributed by atoms with E-state index in [0.29, 0.717) is 27.6 Å².